The lowest BCUT2D eigenvalue weighted by molar-refractivity contribution is -0.158. The smallest absolute Gasteiger partial charge is 0.353 e. The first kappa shape index (κ1) is 19.9. The Morgan fingerprint density at radius 3 is 2.65 bits per heavy atom. The fourth-order valence-corrected chi connectivity index (χ4v) is 4.30. The number of fused-ring (bicyclic) bond motifs is 1. The molecule has 2 aliphatic rings. The first-order chi connectivity index (χ1) is 12.1. The number of carbonyl (C=O) groups is 5. The Morgan fingerprint density at radius 2 is 2.12 bits per heavy atom. The quantitative estimate of drug-likeness (QED) is 0.299. The third-order valence-corrected chi connectivity index (χ3v) is 5.79. The lowest BCUT2D eigenvalue weighted by Gasteiger charge is -2.55. The molecule has 2 rings (SSSR count). The number of aliphatic carboxylic acids is 2. The van der Waals surface area contributed by atoms with Gasteiger partial charge in [-0.25, -0.2) is 4.79 Å². The molecule has 2 heterocycles. The summed E-state index contributed by atoms with van der Waals surface area (Å²) in [6.45, 7) is 1.50. The van der Waals surface area contributed by atoms with E-state index in [0.29, 0.717) is 6.29 Å². The summed E-state index contributed by atoms with van der Waals surface area (Å²) >= 11 is 1.19. The summed E-state index contributed by atoms with van der Waals surface area (Å²) in [5, 5.41) is 19.9. The average Bonchev–Trinajstić information content (AvgIpc) is 2.59. The van der Waals surface area contributed by atoms with Crippen LogP contribution in [-0.2, 0) is 24.0 Å². The molecule has 0 bridgehead atoms. The van der Waals surface area contributed by atoms with E-state index in [9.17, 15) is 29.1 Å². The fourth-order valence-electron chi connectivity index (χ4n) is 2.91. The van der Waals surface area contributed by atoms with Crippen molar-refractivity contribution >= 4 is 41.8 Å². The predicted molar refractivity (Wildman–Crippen MR) is 89.8 cm³/mol. The zero-order valence-corrected chi connectivity index (χ0v) is 14.7. The highest BCUT2D eigenvalue weighted by molar-refractivity contribution is 8.00. The topological polar surface area (TPSA) is 167 Å². The number of β-lactam (4-membered cyclic amide) rings is 1. The van der Waals surface area contributed by atoms with Crippen LogP contribution in [0.4, 0.5) is 0 Å². The van der Waals surface area contributed by atoms with E-state index in [1.54, 1.807) is 0 Å². The maximum Gasteiger partial charge on any atom is 0.353 e. The highest BCUT2D eigenvalue weighted by Gasteiger charge is 2.62. The Kier molecular flexibility index (Phi) is 5.71. The van der Waals surface area contributed by atoms with E-state index in [2.05, 4.69) is 5.32 Å². The van der Waals surface area contributed by atoms with E-state index in [-0.39, 0.29) is 36.3 Å². The van der Waals surface area contributed by atoms with Crippen molar-refractivity contribution in [1.82, 2.24) is 10.2 Å². The summed E-state index contributed by atoms with van der Waals surface area (Å²) in [6.07, 6.45) is 0.759. The van der Waals surface area contributed by atoms with Gasteiger partial charge in [-0.1, -0.05) is 0 Å². The molecule has 0 aromatic heterocycles. The molecule has 11 heteroatoms. The Labute approximate surface area is 152 Å². The number of nitrogens with one attached hydrogen (secondary N) is 1. The second-order valence-corrected chi connectivity index (χ2v) is 7.29. The number of rotatable bonds is 8. The minimum Gasteiger partial charge on any atom is -0.480 e. The van der Waals surface area contributed by atoms with Crippen LogP contribution < -0.4 is 11.1 Å². The highest BCUT2D eigenvalue weighted by Crippen LogP contribution is 2.45. The molecule has 1 fully saturated rings. The Hall–Kier alpha value is -2.40. The molecule has 0 aromatic carbocycles. The molecule has 2 aliphatic heterocycles. The summed E-state index contributed by atoms with van der Waals surface area (Å²) in [6, 6.07) is -1.06. The van der Waals surface area contributed by atoms with E-state index >= 15 is 0 Å². The van der Waals surface area contributed by atoms with Gasteiger partial charge in [0.2, 0.25) is 5.91 Å². The summed E-state index contributed by atoms with van der Waals surface area (Å²) in [5.74, 6) is -3.47. The van der Waals surface area contributed by atoms with E-state index in [1.165, 1.54) is 18.7 Å². The van der Waals surface area contributed by atoms with Gasteiger partial charge in [-0.15, -0.1) is 11.8 Å². The molecule has 5 N–H and O–H groups in total. The Balaban J connectivity index is 2.02. The number of hydrogen-bond donors (Lipinski definition) is 4. The van der Waals surface area contributed by atoms with Gasteiger partial charge in [0.1, 0.15) is 28.9 Å². The molecule has 26 heavy (non-hydrogen) atoms. The molecule has 0 aromatic rings. The third kappa shape index (κ3) is 3.44. The van der Waals surface area contributed by atoms with Crippen LogP contribution >= 0.6 is 11.8 Å². The van der Waals surface area contributed by atoms with E-state index < -0.39 is 40.7 Å². The Morgan fingerprint density at radius 1 is 1.46 bits per heavy atom. The normalized spacial score (nSPS) is 25.8. The van der Waals surface area contributed by atoms with E-state index in [0.717, 1.165) is 4.90 Å². The zero-order chi connectivity index (χ0) is 19.6. The van der Waals surface area contributed by atoms with Gasteiger partial charge in [0.25, 0.3) is 5.91 Å². The van der Waals surface area contributed by atoms with Crippen LogP contribution in [0.2, 0.25) is 0 Å². The van der Waals surface area contributed by atoms with Gasteiger partial charge in [-0.3, -0.25) is 24.1 Å². The van der Waals surface area contributed by atoms with Crippen molar-refractivity contribution in [1.29, 1.82) is 0 Å². The molecule has 0 spiro atoms. The molecule has 10 nitrogen and oxygen atoms in total. The summed E-state index contributed by atoms with van der Waals surface area (Å²) in [4.78, 5) is 58.6. The van der Waals surface area contributed by atoms with Gasteiger partial charge in [-0.05, 0) is 19.8 Å². The van der Waals surface area contributed by atoms with Gasteiger partial charge < -0.3 is 21.3 Å². The molecular weight excluding hydrogens is 366 g/mol. The predicted octanol–water partition coefficient (Wildman–Crippen LogP) is -1.10. The SMILES string of the molecule is C[C@@]1(NC(=O)CCC[C@@H](N)C(=O)O)C(=O)N2C(C(=O)O)=C(C=O)CS[C@@H]21. The molecule has 0 aliphatic carbocycles. The van der Waals surface area contributed by atoms with E-state index in [4.69, 9.17) is 10.8 Å². The van der Waals surface area contributed by atoms with Gasteiger partial charge in [-0.2, -0.15) is 0 Å². The molecular formula is C15H19N3O7S. The van der Waals surface area contributed by atoms with E-state index in [1.807, 2.05) is 0 Å². The molecule has 142 valence electrons. The average molecular weight is 385 g/mol. The molecule has 0 unspecified atom stereocenters. The number of thioether (sulfide) groups is 1. The number of nitrogens with two attached hydrogens (primary N) is 1. The standard InChI is InChI=1S/C15H19N3O7S/c1-15(17-9(20)4-2-3-8(16)11(21)22)13(25)18-10(12(23)24)7(5-19)6-26-14(15)18/h5,8,14H,2-4,6,16H2,1H3,(H,17,20)(H,21,22)(H,23,24)/t8-,14-,15-/m1/s1. The number of nitrogens with zero attached hydrogens (tertiary/aromatic N) is 1. The number of hydrogen-bond acceptors (Lipinski definition) is 7. The number of aldehydes is 1. The van der Waals surface area contributed by atoms with Crippen LogP contribution in [0, 0.1) is 0 Å². The number of amides is 2. The largest absolute Gasteiger partial charge is 0.480 e. The molecule has 1 saturated heterocycles. The Bertz CT molecular complexity index is 707. The number of carboxylic acid groups (broad SMARTS) is 2. The van der Waals surface area contributed by atoms with Crippen molar-refractivity contribution in [2.24, 2.45) is 5.73 Å². The van der Waals surface area contributed by atoms with Gasteiger partial charge >= 0.3 is 11.9 Å². The van der Waals surface area contributed by atoms with Crippen molar-refractivity contribution in [3.05, 3.63) is 11.3 Å². The first-order valence-corrected chi connectivity index (χ1v) is 8.84. The second-order valence-electron chi connectivity index (χ2n) is 6.22. The van der Waals surface area contributed by atoms with Gasteiger partial charge in [0, 0.05) is 17.7 Å². The molecule has 0 saturated carbocycles. The number of carbonyl (C=O) groups excluding carboxylic acids is 3. The molecule has 3 atom stereocenters. The van der Waals surface area contributed by atoms with Gasteiger partial charge in [0.15, 0.2) is 0 Å². The van der Waals surface area contributed by atoms with Crippen molar-refractivity contribution in [2.75, 3.05) is 5.75 Å². The summed E-state index contributed by atoms with van der Waals surface area (Å²) < 4.78 is 0. The zero-order valence-electron chi connectivity index (χ0n) is 13.9. The lowest BCUT2D eigenvalue weighted by Crippen LogP contribution is -2.78. The monoisotopic (exact) mass is 385 g/mol. The van der Waals surface area contributed by atoms with Crippen molar-refractivity contribution in [2.45, 2.75) is 43.1 Å². The van der Waals surface area contributed by atoms with Crippen molar-refractivity contribution in [3.63, 3.8) is 0 Å². The summed E-state index contributed by atoms with van der Waals surface area (Å²) in [5.41, 5.74) is 3.74. The van der Waals surface area contributed by atoms with Crippen molar-refractivity contribution < 1.29 is 34.2 Å². The maximum absolute atomic E-state index is 12.5. The highest BCUT2D eigenvalue weighted by atomic mass is 32.2. The summed E-state index contributed by atoms with van der Waals surface area (Å²) in [7, 11) is 0. The van der Waals surface area contributed by atoms with Crippen molar-refractivity contribution in [3.8, 4) is 0 Å². The van der Waals surface area contributed by atoms with Crippen LogP contribution in [0.25, 0.3) is 0 Å². The number of carboxylic acids is 2. The molecule has 0 radical (unpaired) electrons. The van der Waals surface area contributed by atoms with Crippen LogP contribution in [0.1, 0.15) is 26.2 Å². The van der Waals surface area contributed by atoms with Crippen LogP contribution in [-0.4, -0.2) is 67.9 Å². The first-order valence-electron chi connectivity index (χ1n) is 7.79. The lowest BCUT2D eigenvalue weighted by atomic mass is 9.88. The van der Waals surface area contributed by atoms with Crippen LogP contribution in [0.15, 0.2) is 11.3 Å². The van der Waals surface area contributed by atoms with Crippen LogP contribution in [0.5, 0.6) is 0 Å². The fraction of sp³-hybridized carbons (Fsp3) is 0.533. The molecule has 2 amide bonds. The van der Waals surface area contributed by atoms with Gasteiger partial charge in [0.05, 0.1) is 0 Å². The maximum atomic E-state index is 12.5. The minimum absolute atomic E-state index is 0.0115. The third-order valence-electron chi connectivity index (χ3n) is 4.31. The van der Waals surface area contributed by atoms with Crippen LogP contribution in [0.3, 0.4) is 0 Å². The second kappa shape index (κ2) is 7.46. The minimum atomic E-state index is -1.37.